The van der Waals surface area contributed by atoms with Gasteiger partial charge < -0.3 is 14.5 Å². The van der Waals surface area contributed by atoms with Crippen LogP contribution in [0.25, 0.3) is 11.5 Å². The van der Waals surface area contributed by atoms with Crippen LogP contribution in [0.15, 0.2) is 88.2 Å². The van der Waals surface area contributed by atoms with Gasteiger partial charge in [-0.2, -0.15) is 0 Å². The molecule has 1 heterocycles. The van der Waals surface area contributed by atoms with Crippen LogP contribution in [-0.2, 0) is 21.4 Å². The Labute approximate surface area is 200 Å². The van der Waals surface area contributed by atoms with Crippen LogP contribution in [0.4, 0.5) is 5.69 Å². The van der Waals surface area contributed by atoms with Crippen molar-refractivity contribution in [2.24, 2.45) is 0 Å². The van der Waals surface area contributed by atoms with Crippen LogP contribution in [0.5, 0.6) is 5.75 Å². The molecule has 4 rings (SSSR count). The Morgan fingerprint density at radius 2 is 1.65 bits per heavy atom. The average molecular weight is 499 g/mol. The molecule has 0 saturated heterocycles. The topological polar surface area (TPSA) is 123 Å². The van der Waals surface area contributed by atoms with E-state index >= 15 is 0 Å². The van der Waals surface area contributed by atoms with E-state index in [2.05, 4.69) is 20.2 Å². The SMILES string of the molecule is O=C(CNS(=O)(=O)c1ccc(Cl)cc1)Nc1ccc(OCc2nnc(-c3ccccc3)o2)cc1. The van der Waals surface area contributed by atoms with E-state index in [4.69, 9.17) is 20.8 Å². The van der Waals surface area contributed by atoms with Crippen LogP contribution in [0, 0.1) is 0 Å². The number of sulfonamides is 1. The van der Waals surface area contributed by atoms with Gasteiger partial charge in [0.05, 0.1) is 11.4 Å². The minimum absolute atomic E-state index is 0.0170. The molecular formula is C23H19ClN4O5S. The molecule has 0 unspecified atom stereocenters. The summed E-state index contributed by atoms with van der Waals surface area (Å²) >= 11 is 5.77. The molecule has 1 aromatic heterocycles. The number of anilines is 1. The molecule has 4 aromatic rings. The lowest BCUT2D eigenvalue weighted by molar-refractivity contribution is -0.115. The Morgan fingerprint density at radius 1 is 0.941 bits per heavy atom. The molecule has 34 heavy (non-hydrogen) atoms. The number of hydrogen-bond donors (Lipinski definition) is 2. The summed E-state index contributed by atoms with van der Waals surface area (Å²) in [5, 5.41) is 11.0. The quantitative estimate of drug-likeness (QED) is 0.359. The second kappa shape index (κ2) is 10.5. The normalized spacial score (nSPS) is 11.2. The first kappa shape index (κ1) is 23.4. The summed E-state index contributed by atoms with van der Waals surface area (Å²) in [5.41, 5.74) is 1.30. The van der Waals surface area contributed by atoms with Crippen LogP contribution >= 0.6 is 11.6 Å². The van der Waals surface area contributed by atoms with Crippen molar-refractivity contribution in [1.82, 2.24) is 14.9 Å². The summed E-state index contributed by atoms with van der Waals surface area (Å²) in [7, 11) is -3.83. The van der Waals surface area contributed by atoms with Crippen molar-refractivity contribution in [3.63, 3.8) is 0 Å². The summed E-state index contributed by atoms with van der Waals surface area (Å²) in [6, 6.07) is 21.6. The van der Waals surface area contributed by atoms with Crippen molar-refractivity contribution in [3.05, 3.63) is 89.8 Å². The third kappa shape index (κ3) is 6.19. The highest BCUT2D eigenvalue weighted by molar-refractivity contribution is 7.89. The highest BCUT2D eigenvalue weighted by Gasteiger charge is 2.15. The highest BCUT2D eigenvalue weighted by Crippen LogP contribution is 2.20. The molecule has 0 spiro atoms. The van der Waals surface area contributed by atoms with E-state index in [1.807, 2.05) is 30.3 Å². The molecule has 0 bridgehead atoms. The Kier molecular flexibility index (Phi) is 7.21. The summed E-state index contributed by atoms with van der Waals surface area (Å²) in [4.78, 5) is 12.2. The zero-order valence-corrected chi connectivity index (χ0v) is 19.2. The molecule has 174 valence electrons. The number of halogens is 1. The largest absolute Gasteiger partial charge is 0.484 e. The van der Waals surface area contributed by atoms with Gasteiger partial charge in [0.2, 0.25) is 21.8 Å². The second-order valence-electron chi connectivity index (χ2n) is 7.01. The Balaban J connectivity index is 1.26. The lowest BCUT2D eigenvalue weighted by atomic mass is 10.2. The van der Waals surface area contributed by atoms with E-state index in [9.17, 15) is 13.2 Å². The molecule has 0 atom stereocenters. The van der Waals surface area contributed by atoms with Gasteiger partial charge in [0.15, 0.2) is 6.61 Å². The number of hydrogen-bond acceptors (Lipinski definition) is 7. The molecule has 0 aliphatic rings. The maximum absolute atomic E-state index is 12.2. The first-order valence-corrected chi connectivity index (χ1v) is 11.9. The van der Waals surface area contributed by atoms with Gasteiger partial charge in [0.25, 0.3) is 5.89 Å². The zero-order valence-electron chi connectivity index (χ0n) is 17.6. The number of carbonyl (C=O) groups excluding carboxylic acids is 1. The monoisotopic (exact) mass is 498 g/mol. The molecule has 0 aliphatic heterocycles. The number of ether oxygens (including phenoxy) is 1. The van der Waals surface area contributed by atoms with Gasteiger partial charge in [0.1, 0.15) is 5.75 Å². The predicted octanol–water partition coefficient (Wildman–Crippen LogP) is 3.89. The van der Waals surface area contributed by atoms with Crippen molar-refractivity contribution in [2.45, 2.75) is 11.5 Å². The Morgan fingerprint density at radius 3 is 2.35 bits per heavy atom. The van der Waals surface area contributed by atoms with Crippen molar-refractivity contribution in [2.75, 3.05) is 11.9 Å². The van der Waals surface area contributed by atoms with E-state index < -0.39 is 22.5 Å². The first-order valence-electron chi connectivity index (χ1n) is 10.0. The number of amides is 1. The van der Waals surface area contributed by atoms with Gasteiger partial charge in [0, 0.05) is 16.3 Å². The van der Waals surface area contributed by atoms with E-state index in [-0.39, 0.29) is 11.5 Å². The van der Waals surface area contributed by atoms with Crippen molar-refractivity contribution in [1.29, 1.82) is 0 Å². The first-order chi connectivity index (χ1) is 16.4. The smallest absolute Gasteiger partial charge is 0.254 e. The molecule has 3 aromatic carbocycles. The number of carbonyl (C=O) groups is 1. The molecule has 11 heteroatoms. The van der Waals surface area contributed by atoms with Gasteiger partial charge in [-0.25, -0.2) is 13.1 Å². The summed E-state index contributed by atoms with van der Waals surface area (Å²) in [5.74, 6) is 0.736. The van der Waals surface area contributed by atoms with Gasteiger partial charge in [-0.15, -0.1) is 10.2 Å². The number of nitrogens with zero attached hydrogens (tertiary/aromatic N) is 2. The zero-order chi connectivity index (χ0) is 24.0. The Bertz CT molecular complexity index is 1360. The van der Waals surface area contributed by atoms with Crippen LogP contribution in [0.2, 0.25) is 5.02 Å². The molecule has 1 amide bonds. The fourth-order valence-corrected chi connectivity index (χ4v) is 3.96. The second-order valence-corrected chi connectivity index (χ2v) is 9.21. The lowest BCUT2D eigenvalue weighted by Gasteiger charge is -2.09. The van der Waals surface area contributed by atoms with Crippen molar-refractivity contribution < 1.29 is 22.4 Å². The van der Waals surface area contributed by atoms with E-state index in [0.29, 0.717) is 28.2 Å². The minimum atomic E-state index is -3.83. The maximum atomic E-state index is 12.2. The number of aromatic nitrogens is 2. The van der Waals surface area contributed by atoms with E-state index in [1.165, 1.54) is 24.3 Å². The standard InChI is InChI=1S/C23H19ClN4O5S/c24-17-6-12-20(13-7-17)34(30,31)25-14-21(29)26-18-8-10-19(11-9-18)32-15-22-27-28-23(33-22)16-4-2-1-3-5-16/h1-13,25H,14-15H2,(H,26,29). The van der Waals surface area contributed by atoms with Gasteiger partial charge in [-0.05, 0) is 60.7 Å². The molecule has 0 saturated carbocycles. The number of nitrogens with one attached hydrogen (secondary N) is 2. The summed E-state index contributed by atoms with van der Waals surface area (Å²) < 4.78 is 38.0. The fraction of sp³-hybridized carbons (Fsp3) is 0.0870. The van der Waals surface area contributed by atoms with Crippen molar-refractivity contribution in [3.8, 4) is 17.2 Å². The predicted molar refractivity (Wildman–Crippen MR) is 126 cm³/mol. The minimum Gasteiger partial charge on any atom is -0.484 e. The molecular weight excluding hydrogens is 480 g/mol. The maximum Gasteiger partial charge on any atom is 0.254 e. The third-order valence-electron chi connectivity index (χ3n) is 4.53. The third-order valence-corrected chi connectivity index (χ3v) is 6.20. The highest BCUT2D eigenvalue weighted by atomic mass is 35.5. The average Bonchev–Trinajstić information content (AvgIpc) is 3.32. The fourth-order valence-electron chi connectivity index (χ4n) is 2.85. The van der Waals surface area contributed by atoms with Crippen molar-refractivity contribution >= 4 is 33.2 Å². The number of rotatable bonds is 9. The van der Waals surface area contributed by atoms with Gasteiger partial charge >= 0.3 is 0 Å². The van der Waals surface area contributed by atoms with Crippen LogP contribution < -0.4 is 14.8 Å². The van der Waals surface area contributed by atoms with Crippen LogP contribution in [0.1, 0.15) is 5.89 Å². The Hall–Kier alpha value is -3.73. The van der Waals surface area contributed by atoms with E-state index in [1.54, 1.807) is 24.3 Å². The molecule has 0 fully saturated rings. The molecule has 2 N–H and O–H groups in total. The van der Waals surface area contributed by atoms with Gasteiger partial charge in [-0.1, -0.05) is 29.8 Å². The molecule has 9 nitrogen and oxygen atoms in total. The molecule has 0 radical (unpaired) electrons. The van der Waals surface area contributed by atoms with Crippen LogP contribution in [0.3, 0.4) is 0 Å². The van der Waals surface area contributed by atoms with Crippen LogP contribution in [-0.4, -0.2) is 31.1 Å². The number of benzene rings is 3. The van der Waals surface area contributed by atoms with Gasteiger partial charge in [-0.3, -0.25) is 4.79 Å². The molecule has 0 aliphatic carbocycles. The van der Waals surface area contributed by atoms with E-state index in [0.717, 1.165) is 5.56 Å². The summed E-state index contributed by atoms with van der Waals surface area (Å²) in [6.45, 7) is -0.345. The lowest BCUT2D eigenvalue weighted by Crippen LogP contribution is -2.32. The summed E-state index contributed by atoms with van der Waals surface area (Å²) in [6.07, 6.45) is 0.